The van der Waals surface area contributed by atoms with E-state index in [1.54, 1.807) is 25.3 Å². The number of benzene rings is 2. The van der Waals surface area contributed by atoms with Gasteiger partial charge in [-0.2, -0.15) is 5.10 Å². The second kappa shape index (κ2) is 10.1. The number of urea groups is 1. The van der Waals surface area contributed by atoms with Crippen molar-refractivity contribution in [3.05, 3.63) is 53.1 Å². The number of hydrogen-bond donors (Lipinski definition) is 2. The van der Waals surface area contributed by atoms with Crippen LogP contribution in [0.1, 0.15) is 23.1 Å². The molecule has 0 fully saturated rings. The molecule has 0 bridgehead atoms. The highest BCUT2D eigenvalue weighted by molar-refractivity contribution is 5.82. The van der Waals surface area contributed by atoms with Gasteiger partial charge in [-0.1, -0.05) is 18.2 Å². The Morgan fingerprint density at radius 1 is 1.11 bits per heavy atom. The zero-order valence-corrected chi connectivity index (χ0v) is 15.8. The third-order valence-corrected chi connectivity index (χ3v) is 3.78. The van der Waals surface area contributed by atoms with Crippen LogP contribution in [-0.4, -0.2) is 32.6 Å². The minimum atomic E-state index is -0.721. The maximum absolute atomic E-state index is 10.6. The van der Waals surface area contributed by atoms with Gasteiger partial charge in [-0.3, -0.25) is 0 Å². The zero-order valence-electron chi connectivity index (χ0n) is 15.8. The second-order valence-corrected chi connectivity index (χ2v) is 5.92. The van der Waals surface area contributed by atoms with Crippen molar-refractivity contribution in [2.45, 2.75) is 20.3 Å². The van der Waals surface area contributed by atoms with E-state index in [-0.39, 0.29) is 0 Å². The molecule has 0 atom stereocenters. The molecule has 7 nitrogen and oxygen atoms in total. The van der Waals surface area contributed by atoms with Crippen LogP contribution in [0.4, 0.5) is 4.79 Å². The first kappa shape index (κ1) is 20.1. The molecule has 2 aromatic carbocycles. The number of para-hydroxylation sites is 1. The molecule has 0 aromatic heterocycles. The van der Waals surface area contributed by atoms with Crippen LogP contribution in [0.5, 0.6) is 17.2 Å². The number of aryl methyl sites for hydroxylation is 2. The molecule has 0 radical (unpaired) electrons. The van der Waals surface area contributed by atoms with Crippen molar-refractivity contribution in [2.24, 2.45) is 10.8 Å². The number of hydrazone groups is 1. The van der Waals surface area contributed by atoms with E-state index in [0.717, 1.165) is 28.9 Å². The van der Waals surface area contributed by atoms with Gasteiger partial charge in [0.15, 0.2) is 11.5 Å². The maximum Gasteiger partial charge on any atom is 0.332 e. The Kier molecular flexibility index (Phi) is 7.49. The number of ether oxygens (including phenoxy) is 3. The second-order valence-electron chi connectivity index (χ2n) is 5.92. The Balaban J connectivity index is 1.84. The first-order valence-corrected chi connectivity index (χ1v) is 8.59. The van der Waals surface area contributed by atoms with Crippen LogP contribution in [0.3, 0.4) is 0 Å². The van der Waals surface area contributed by atoms with Crippen LogP contribution in [-0.2, 0) is 0 Å². The third-order valence-electron chi connectivity index (χ3n) is 3.78. The predicted octanol–water partition coefficient (Wildman–Crippen LogP) is 3.16. The van der Waals surface area contributed by atoms with Crippen LogP contribution in [0.25, 0.3) is 0 Å². The summed E-state index contributed by atoms with van der Waals surface area (Å²) in [6.45, 7) is 5.14. The fraction of sp³-hybridized carbons (Fsp3) is 0.300. The van der Waals surface area contributed by atoms with E-state index in [4.69, 9.17) is 19.9 Å². The Morgan fingerprint density at radius 3 is 2.48 bits per heavy atom. The summed E-state index contributed by atoms with van der Waals surface area (Å²) in [6, 6.07) is 10.7. The van der Waals surface area contributed by atoms with Gasteiger partial charge in [0.1, 0.15) is 5.75 Å². The summed E-state index contributed by atoms with van der Waals surface area (Å²) >= 11 is 0. The standard InChI is InChI=1S/C20H25N3O4/c1-14-6-4-7-15(2)19(14)27-11-5-10-26-17-9-8-16(12-18(17)25-3)13-22-23-20(21)24/h4,6-9,12-13H,5,10-11H2,1-3H3,(H3,21,23,24). The van der Waals surface area contributed by atoms with Crippen molar-refractivity contribution in [3.8, 4) is 17.2 Å². The lowest BCUT2D eigenvalue weighted by atomic mass is 10.1. The van der Waals surface area contributed by atoms with Crippen LogP contribution >= 0.6 is 0 Å². The van der Waals surface area contributed by atoms with Gasteiger partial charge < -0.3 is 19.9 Å². The molecule has 2 rings (SSSR count). The van der Waals surface area contributed by atoms with Gasteiger partial charge in [0, 0.05) is 6.42 Å². The van der Waals surface area contributed by atoms with E-state index in [9.17, 15) is 4.79 Å². The highest BCUT2D eigenvalue weighted by Gasteiger charge is 2.06. The number of hydrogen-bond acceptors (Lipinski definition) is 5. The molecule has 27 heavy (non-hydrogen) atoms. The normalized spacial score (nSPS) is 10.6. The summed E-state index contributed by atoms with van der Waals surface area (Å²) < 4.78 is 17.0. The van der Waals surface area contributed by atoms with Crippen LogP contribution < -0.4 is 25.4 Å². The fourth-order valence-corrected chi connectivity index (χ4v) is 2.50. The number of primary amides is 1. The van der Waals surface area contributed by atoms with E-state index in [2.05, 4.69) is 10.5 Å². The zero-order chi connectivity index (χ0) is 19.6. The molecule has 0 unspecified atom stereocenters. The summed E-state index contributed by atoms with van der Waals surface area (Å²) in [4.78, 5) is 10.6. The van der Waals surface area contributed by atoms with E-state index >= 15 is 0 Å². The lowest BCUT2D eigenvalue weighted by Gasteiger charge is -2.13. The number of rotatable bonds is 9. The fourth-order valence-electron chi connectivity index (χ4n) is 2.50. The number of carbonyl (C=O) groups is 1. The summed E-state index contributed by atoms with van der Waals surface area (Å²) in [6.07, 6.45) is 2.21. The lowest BCUT2D eigenvalue weighted by Crippen LogP contribution is -2.24. The number of nitrogens with two attached hydrogens (primary N) is 1. The Morgan fingerprint density at radius 2 is 1.81 bits per heavy atom. The largest absolute Gasteiger partial charge is 0.493 e. The monoisotopic (exact) mass is 371 g/mol. The number of methoxy groups -OCH3 is 1. The number of nitrogens with one attached hydrogen (secondary N) is 1. The predicted molar refractivity (Wildman–Crippen MR) is 105 cm³/mol. The minimum absolute atomic E-state index is 0.498. The van der Waals surface area contributed by atoms with E-state index in [0.29, 0.717) is 24.7 Å². The topological polar surface area (TPSA) is 95.2 Å². The molecule has 0 aliphatic heterocycles. The summed E-state index contributed by atoms with van der Waals surface area (Å²) in [5.41, 5.74) is 10.1. The molecular formula is C20H25N3O4. The molecule has 0 saturated heterocycles. The van der Waals surface area contributed by atoms with Crippen LogP contribution in [0.2, 0.25) is 0 Å². The van der Waals surface area contributed by atoms with Crippen LogP contribution in [0.15, 0.2) is 41.5 Å². The molecule has 3 N–H and O–H groups in total. The van der Waals surface area contributed by atoms with Crippen molar-refractivity contribution < 1.29 is 19.0 Å². The van der Waals surface area contributed by atoms with Crippen molar-refractivity contribution in [2.75, 3.05) is 20.3 Å². The first-order valence-electron chi connectivity index (χ1n) is 8.59. The lowest BCUT2D eigenvalue weighted by molar-refractivity contribution is 0.239. The summed E-state index contributed by atoms with van der Waals surface area (Å²) in [7, 11) is 1.56. The van der Waals surface area contributed by atoms with Gasteiger partial charge in [-0.05, 0) is 48.7 Å². The van der Waals surface area contributed by atoms with E-state index in [1.807, 2.05) is 32.0 Å². The molecule has 144 valence electrons. The quantitative estimate of drug-likeness (QED) is 0.402. The van der Waals surface area contributed by atoms with Gasteiger partial charge in [0.25, 0.3) is 0 Å². The molecule has 0 aliphatic rings. The molecule has 2 aromatic rings. The molecule has 0 saturated carbocycles. The summed E-state index contributed by atoms with van der Waals surface area (Å²) in [5.74, 6) is 2.14. The van der Waals surface area contributed by atoms with Crippen LogP contribution in [0, 0.1) is 13.8 Å². The number of amides is 2. The van der Waals surface area contributed by atoms with Crippen molar-refractivity contribution >= 4 is 12.2 Å². The van der Waals surface area contributed by atoms with Gasteiger partial charge in [-0.15, -0.1) is 0 Å². The smallest absolute Gasteiger partial charge is 0.332 e. The molecule has 2 amide bonds. The molecule has 7 heteroatoms. The molecule has 0 aliphatic carbocycles. The highest BCUT2D eigenvalue weighted by Crippen LogP contribution is 2.28. The van der Waals surface area contributed by atoms with Gasteiger partial charge in [-0.25, -0.2) is 10.2 Å². The average molecular weight is 371 g/mol. The Bertz CT molecular complexity index is 786. The highest BCUT2D eigenvalue weighted by atomic mass is 16.5. The molecule has 0 spiro atoms. The number of carbonyl (C=O) groups excluding carboxylic acids is 1. The van der Waals surface area contributed by atoms with Crippen molar-refractivity contribution in [1.82, 2.24) is 5.43 Å². The van der Waals surface area contributed by atoms with Gasteiger partial charge in [0.05, 0.1) is 26.5 Å². The van der Waals surface area contributed by atoms with Crippen molar-refractivity contribution in [1.29, 1.82) is 0 Å². The number of nitrogens with zero attached hydrogens (tertiary/aromatic N) is 1. The molecular weight excluding hydrogens is 346 g/mol. The van der Waals surface area contributed by atoms with Gasteiger partial charge in [0.2, 0.25) is 0 Å². The minimum Gasteiger partial charge on any atom is -0.493 e. The maximum atomic E-state index is 10.6. The Hall–Kier alpha value is -3.22. The SMILES string of the molecule is COc1cc(C=NNC(N)=O)ccc1OCCCOc1c(C)cccc1C. The van der Waals surface area contributed by atoms with E-state index in [1.165, 1.54) is 6.21 Å². The first-order chi connectivity index (χ1) is 13.0. The van der Waals surface area contributed by atoms with Crippen molar-refractivity contribution in [3.63, 3.8) is 0 Å². The molecule has 0 heterocycles. The Labute approximate surface area is 159 Å². The van der Waals surface area contributed by atoms with Gasteiger partial charge >= 0.3 is 6.03 Å². The third kappa shape index (κ3) is 6.22. The average Bonchev–Trinajstić information content (AvgIpc) is 2.64. The van der Waals surface area contributed by atoms with E-state index < -0.39 is 6.03 Å². The summed E-state index contributed by atoms with van der Waals surface area (Å²) in [5, 5.41) is 3.71.